The van der Waals surface area contributed by atoms with Crippen molar-refractivity contribution < 1.29 is 27.6 Å². The number of carbonyl (C=O) groups excluding carboxylic acids is 1. The fraction of sp³-hybridized carbons (Fsp3) is 0.346. The molecule has 0 amide bonds. The lowest BCUT2D eigenvalue weighted by molar-refractivity contribution is -0.387. The van der Waals surface area contributed by atoms with Crippen LogP contribution >= 0.6 is 0 Å². The highest BCUT2D eigenvalue weighted by Crippen LogP contribution is 2.30. The summed E-state index contributed by atoms with van der Waals surface area (Å²) in [6.45, 7) is 0.530. The SMILES string of the molecule is COC[C@H]1CN([C@@H](Cc2ccc3ccccc3c2)C(=O)OC)CCN1S(=O)(=O)c1ccccc1[N+](=O)[O-]. The third-order valence-electron chi connectivity index (χ3n) is 6.62. The van der Waals surface area contributed by atoms with Crippen molar-refractivity contribution in [1.82, 2.24) is 9.21 Å². The average molecular weight is 528 g/mol. The van der Waals surface area contributed by atoms with Crippen molar-refractivity contribution in [2.75, 3.05) is 40.5 Å². The Morgan fingerprint density at radius 1 is 1.05 bits per heavy atom. The zero-order chi connectivity index (χ0) is 26.6. The lowest BCUT2D eigenvalue weighted by Crippen LogP contribution is -2.60. The fourth-order valence-electron chi connectivity index (χ4n) is 4.83. The Labute approximate surface area is 215 Å². The molecule has 0 aromatic heterocycles. The summed E-state index contributed by atoms with van der Waals surface area (Å²) in [5.74, 6) is -0.417. The number of sulfonamides is 1. The van der Waals surface area contributed by atoms with Crippen LogP contribution in [0.2, 0.25) is 0 Å². The molecule has 1 saturated heterocycles. The molecule has 3 aromatic rings. The molecule has 0 radical (unpaired) electrons. The maximum Gasteiger partial charge on any atom is 0.323 e. The predicted octanol–water partition coefficient (Wildman–Crippen LogP) is 2.85. The van der Waals surface area contributed by atoms with E-state index in [-0.39, 0.29) is 31.1 Å². The van der Waals surface area contributed by atoms with Crippen molar-refractivity contribution in [3.63, 3.8) is 0 Å². The molecule has 1 aliphatic heterocycles. The number of nitro groups is 1. The zero-order valence-corrected chi connectivity index (χ0v) is 21.5. The van der Waals surface area contributed by atoms with E-state index in [1.54, 1.807) is 0 Å². The van der Waals surface area contributed by atoms with Crippen molar-refractivity contribution >= 4 is 32.5 Å². The van der Waals surface area contributed by atoms with Crippen LogP contribution < -0.4 is 0 Å². The van der Waals surface area contributed by atoms with Crippen LogP contribution in [-0.4, -0.2) is 81.1 Å². The van der Waals surface area contributed by atoms with E-state index in [9.17, 15) is 23.3 Å². The number of hydrogen-bond acceptors (Lipinski definition) is 8. The molecule has 11 heteroatoms. The molecule has 0 spiro atoms. The lowest BCUT2D eigenvalue weighted by atomic mass is 10.00. The first kappa shape index (κ1) is 26.7. The van der Waals surface area contributed by atoms with Crippen molar-refractivity contribution in [1.29, 1.82) is 0 Å². The van der Waals surface area contributed by atoms with E-state index >= 15 is 0 Å². The number of carbonyl (C=O) groups is 1. The van der Waals surface area contributed by atoms with Gasteiger partial charge in [-0.2, -0.15) is 4.31 Å². The number of esters is 1. The van der Waals surface area contributed by atoms with Gasteiger partial charge in [-0.3, -0.25) is 19.8 Å². The number of methoxy groups -OCH3 is 2. The number of nitro benzene ring substituents is 1. The van der Waals surface area contributed by atoms with Gasteiger partial charge in [-0.15, -0.1) is 0 Å². The molecular formula is C26H29N3O7S. The molecule has 37 heavy (non-hydrogen) atoms. The molecule has 0 N–H and O–H groups in total. The standard InChI is InChI=1S/C26H29N3O7S/c1-35-18-22-17-27(13-14-28(22)37(33,34)25-10-6-5-9-23(25)29(31)32)24(26(30)36-2)16-19-11-12-20-7-3-4-8-21(20)15-19/h3-12,15,22,24H,13-14,16-18H2,1-2H3/t22-,24+/m1/s1. The number of nitrogens with zero attached hydrogens (tertiary/aromatic N) is 3. The van der Waals surface area contributed by atoms with E-state index in [2.05, 4.69) is 0 Å². The Balaban J connectivity index is 1.61. The van der Waals surface area contributed by atoms with Crippen molar-refractivity contribution in [2.24, 2.45) is 0 Å². The predicted molar refractivity (Wildman–Crippen MR) is 138 cm³/mol. The largest absolute Gasteiger partial charge is 0.468 e. The quantitative estimate of drug-likeness (QED) is 0.237. The summed E-state index contributed by atoms with van der Waals surface area (Å²) in [4.78, 5) is 25.2. The van der Waals surface area contributed by atoms with Gasteiger partial charge in [-0.05, 0) is 28.8 Å². The molecule has 0 saturated carbocycles. The van der Waals surface area contributed by atoms with Gasteiger partial charge in [0, 0.05) is 32.8 Å². The highest BCUT2D eigenvalue weighted by molar-refractivity contribution is 7.89. The highest BCUT2D eigenvalue weighted by atomic mass is 32.2. The normalized spacial score (nSPS) is 17.9. The summed E-state index contributed by atoms with van der Waals surface area (Å²) >= 11 is 0. The average Bonchev–Trinajstić information content (AvgIpc) is 2.91. The van der Waals surface area contributed by atoms with Gasteiger partial charge in [0.25, 0.3) is 5.69 Å². The van der Waals surface area contributed by atoms with E-state index in [0.29, 0.717) is 6.42 Å². The molecule has 1 fully saturated rings. The van der Waals surface area contributed by atoms with E-state index in [1.807, 2.05) is 47.4 Å². The van der Waals surface area contributed by atoms with Crippen LogP contribution in [-0.2, 0) is 30.7 Å². The summed E-state index contributed by atoms with van der Waals surface area (Å²) in [7, 11) is -1.41. The van der Waals surface area contributed by atoms with E-state index in [0.717, 1.165) is 16.3 Å². The monoisotopic (exact) mass is 527 g/mol. The maximum atomic E-state index is 13.5. The molecule has 196 valence electrons. The van der Waals surface area contributed by atoms with E-state index < -0.39 is 38.7 Å². The zero-order valence-electron chi connectivity index (χ0n) is 20.6. The first-order chi connectivity index (χ1) is 17.8. The summed E-state index contributed by atoms with van der Waals surface area (Å²) in [5.41, 5.74) is 0.470. The van der Waals surface area contributed by atoms with Crippen molar-refractivity contribution in [2.45, 2.75) is 23.4 Å². The number of rotatable bonds is 9. The van der Waals surface area contributed by atoms with Gasteiger partial charge in [0.15, 0.2) is 4.90 Å². The van der Waals surface area contributed by atoms with Crippen LogP contribution in [0.4, 0.5) is 5.69 Å². The van der Waals surface area contributed by atoms with Gasteiger partial charge < -0.3 is 9.47 Å². The van der Waals surface area contributed by atoms with Gasteiger partial charge in [0.2, 0.25) is 10.0 Å². The van der Waals surface area contributed by atoms with Crippen molar-refractivity contribution in [3.8, 4) is 0 Å². The minimum absolute atomic E-state index is 0.0353. The lowest BCUT2D eigenvalue weighted by Gasteiger charge is -2.42. The number of hydrogen-bond donors (Lipinski definition) is 0. The molecule has 0 aliphatic carbocycles. The molecule has 3 aromatic carbocycles. The fourth-order valence-corrected chi connectivity index (χ4v) is 6.58. The summed E-state index contributed by atoms with van der Waals surface area (Å²) in [6.07, 6.45) is 0.383. The number of fused-ring (bicyclic) bond motifs is 1. The van der Waals surface area contributed by atoms with Gasteiger partial charge in [-0.1, -0.05) is 54.6 Å². The molecule has 1 aliphatic rings. The number of ether oxygens (including phenoxy) is 2. The van der Waals surface area contributed by atoms with Gasteiger partial charge in [-0.25, -0.2) is 8.42 Å². The smallest absolute Gasteiger partial charge is 0.323 e. The van der Waals surface area contributed by atoms with E-state index in [4.69, 9.17) is 9.47 Å². The molecule has 2 atom stereocenters. The van der Waals surface area contributed by atoms with Crippen LogP contribution in [0.25, 0.3) is 10.8 Å². The van der Waals surface area contributed by atoms with Crippen LogP contribution in [0.5, 0.6) is 0 Å². The minimum atomic E-state index is -4.20. The first-order valence-electron chi connectivity index (χ1n) is 11.8. The van der Waals surface area contributed by atoms with Gasteiger partial charge >= 0.3 is 5.97 Å². The minimum Gasteiger partial charge on any atom is -0.468 e. The topological polar surface area (TPSA) is 119 Å². The highest BCUT2D eigenvalue weighted by Gasteiger charge is 2.42. The Morgan fingerprint density at radius 2 is 1.76 bits per heavy atom. The molecule has 1 heterocycles. The Bertz CT molecular complexity index is 1400. The van der Waals surface area contributed by atoms with Crippen LogP contribution in [0.1, 0.15) is 5.56 Å². The third kappa shape index (κ3) is 5.64. The Hall–Kier alpha value is -3.38. The van der Waals surface area contributed by atoms with Gasteiger partial charge in [0.05, 0.1) is 24.7 Å². The Morgan fingerprint density at radius 3 is 2.46 bits per heavy atom. The molecular weight excluding hydrogens is 498 g/mol. The van der Waals surface area contributed by atoms with Crippen LogP contribution in [0, 0.1) is 10.1 Å². The number of para-hydroxylation sites is 1. The molecule has 4 rings (SSSR count). The maximum absolute atomic E-state index is 13.5. The third-order valence-corrected chi connectivity index (χ3v) is 8.62. The van der Waals surface area contributed by atoms with Gasteiger partial charge in [0.1, 0.15) is 6.04 Å². The summed E-state index contributed by atoms with van der Waals surface area (Å²) < 4.78 is 38.7. The van der Waals surface area contributed by atoms with Crippen molar-refractivity contribution in [3.05, 3.63) is 82.4 Å². The summed E-state index contributed by atoms with van der Waals surface area (Å²) in [6, 6.07) is 17.9. The first-order valence-corrected chi connectivity index (χ1v) is 13.2. The second kappa shape index (κ2) is 11.3. The summed E-state index contributed by atoms with van der Waals surface area (Å²) in [5, 5.41) is 13.7. The second-order valence-corrected chi connectivity index (χ2v) is 10.7. The van der Waals surface area contributed by atoms with E-state index in [1.165, 1.54) is 42.8 Å². The Kier molecular flexibility index (Phi) is 8.18. The van der Waals surface area contributed by atoms with Crippen LogP contribution in [0.15, 0.2) is 71.6 Å². The molecule has 10 nitrogen and oxygen atoms in total. The second-order valence-electron chi connectivity index (χ2n) is 8.87. The molecule has 0 bridgehead atoms. The van der Waals surface area contributed by atoms with Crippen LogP contribution in [0.3, 0.4) is 0 Å². The molecule has 0 unspecified atom stereocenters. The number of piperazine rings is 1. The number of benzene rings is 3.